The quantitative estimate of drug-likeness (QED) is 0.674. The number of carboxylic acids is 1. The predicted octanol–water partition coefficient (Wildman–Crippen LogP) is 4.29. The summed E-state index contributed by atoms with van der Waals surface area (Å²) in [5.74, 6) is 0.106. The van der Waals surface area contributed by atoms with Crippen molar-refractivity contribution in [1.29, 1.82) is 0 Å². The van der Waals surface area contributed by atoms with Gasteiger partial charge in [-0.05, 0) is 36.2 Å². The Morgan fingerprint density at radius 1 is 1.10 bits per heavy atom. The van der Waals surface area contributed by atoms with Gasteiger partial charge in [0.2, 0.25) is 5.91 Å². The van der Waals surface area contributed by atoms with Crippen LogP contribution in [0.15, 0.2) is 47.6 Å². The van der Waals surface area contributed by atoms with E-state index in [0.717, 1.165) is 16.8 Å². The first-order chi connectivity index (χ1) is 14.4. The number of benzene rings is 2. The van der Waals surface area contributed by atoms with Crippen LogP contribution in [0.2, 0.25) is 5.02 Å². The third-order valence-electron chi connectivity index (χ3n) is 4.89. The highest BCUT2D eigenvalue weighted by Gasteiger charge is 2.33. The molecule has 1 amide bonds. The summed E-state index contributed by atoms with van der Waals surface area (Å²) in [6.07, 6.45) is 0.807. The molecule has 2 aromatic carbocycles. The van der Waals surface area contributed by atoms with Crippen molar-refractivity contribution in [2.45, 2.75) is 31.7 Å². The monoisotopic (exact) mass is 430 g/mol. The molecule has 0 saturated heterocycles. The van der Waals surface area contributed by atoms with Crippen LogP contribution in [-0.2, 0) is 9.59 Å². The van der Waals surface area contributed by atoms with Gasteiger partial charge in [-0.2, -0.15) is 5.10 Å². The van der Waals surface area contributed by atoms with Gasteiger partial charge in [0.15, 0.2) is 0 Å². The number of carbonyl (C=O) groups is 2. The molecule has 0 aliphatic carbocycles. The van der Waals surface area contributed by atoms with Crippen molar-refractivity contribution in [1.82, 2.24) is 5.01 Å². The van der Waals surface area contributed by atoms with Crippen LogP contribution in [0.4, 0.5) is 0 Å². The molecule has 1 heterocycles. The lowest BCUT2D eigenvalue weighted by molar-refractivity contribution is -0.137. The number of ether oxygens (including phenoxy) is 2. The summed E-state index contributed by atoms with van der Waals surface area (Å²) in [6.45, 7) is 0. The molecule has 3 rings (SSSR count). The van der Waals surface area contributed by atoms with Crippen molar-refractivity contribution in [2.75, 3.05) is 14.2 Å². The molecule has 1 aliphatic heterocycles. The first-order valence-corrected chi connectivity index (χ1v) is 9.89. The molecule has 0 unspecified atom stereocenters. The standard InChI is InChI=1S/C22H23ClN2O5/c1-29-17-10-15(11-18(12-17)30-2)19-13-20(14-6-8-16(23)9-7-14)25(24-19)21(26)4-3-5-22(27)28/h6-12,20H,3-5,13H2,1-2H3,(H,27,28)/t20-/m1/s1. The van der Waals surface area contributed by atoms with Crippen molar-refractivity contribution in [2.24, 2.45) is 5.10 Å². The number of methoxy groups -OCH3 is 2. The Balaban J connectivity index is 1.92. The van der Waals surface area contributed by atoms with Crippen molar-refractivity contribution in [3.8, 4) is 11.5 Å². The van der Waals surface area contributed by atoms with E-state index in [1.165, 1.54) is 5.01 Å². The predicted molar refractivity (Wildman–Crippen MR) is 113 cm³/mol. The first kappa shape index (κ1) is 21.6. The van der Waals surface area contributed by atoms with Gasteiger partial charge in [0.25, 0.3) is 0 Å². The molecule has 8 heteroatoms. The summed E-state index contributed by atoms with van der Waals surface area (Å²) >= 11 is 6.01. The van der Waals surface area contributed by atoms with E-state index in [2.05, 4.69) is 5.10 Å². The number of carboxylic acid groups (broad SMARTS) is 1. The van der Waals surface area contributed by atoms with E-state index in [4.69, 9.17) is 26.2 Å². The molecule has 158 valence electrons. The Morgan fingerprint density at radius 3 is 2.30 bits per heavy atom. The van der Waals surface area contributed by atoms with Crippen LogP contribution in [0, 0.1) is 0 Å². The van der Waals surface area contributed by atoms with Gasteiger partial charge in [0.05, 0.1) is 26.0 Å². The second kappa shape index (κ2) is 9.63. The highest BCUT2D eigenvalue weighted by Crippen LogP contribution is 2.35. The van der Waals surface area contributed by atoms with Gasteiger partial charge in [-0.1, -0.05) is 23.7 Å². The maximum absolute atomic E-state index is 12.9. The first-order valence-electron chi connectivity index (χ1n) is 9.51. The highest BCUT2D eigenvalue weighted by molar-refractivity contribution is 6.30. The highest BCUT2D eigenvalue weighted by atomic mass is 35.5. The lowest BCUT2D eigenvalue weighted by Gasteiger charge is -2.22. The van der Waals surface area contributed by atoms with Gasteiger partial charge in [-0.15, -0.1) is 0 Å². The summed E-state index contributed by atoms with van der Waals surface area (Å²) < 4.78 is 10.7. The fraction of sp³-hybridized carbons (Fsp3) is 0.318. The van der Waals surface area contributed by atoms with E-state index < -0.39 is 5.97 Å². The molecule has 7 nitrogen and oxygen atoms in total. The normalized spacial score (nSPS) is 15.6. The molecule has 1 atom stereocenters. The summed E-state index contributed by atoms with van der Waals surface area (Å²) in [5.41, 5.74) is 2.42. The second-order valence-corrected chi connectivity index (χ2v) is 7.34. The Kier molecular flexibility index (Phi) is 6.95. The van der Waals surface area contributed by atoms with E-state index >= 15 is 0 Å². The van der Waals surface area contributed by atoms with Crippen LogP contribution in [0.25, 0.3) is 0 Å². The summed E-state index contributed by atoms with van der Waals surface area (Å²) in [4.78, 5) is 23.6. The van der Waals surface area contributed by atoms with E-state index in [0.29, 0.717) is 22.9 Å². The van der Waals surface area contributed by atoms with Crippen LogP contribution in [0.5, 0.6) is 11.5 Å². The number of rotatable bonds is 8. The minimum atomic E-state index is -0.925. The molecule has 0 bridgehead atoms. The average molecular weight is 431 g/mol. The third-order valence-corrected chi connectivity index (χ3v) is 5.14. The number of amides is 1. The molecule has 0 fully saturated rings. The van der Waals surface area contributed by atoms with Gasteiger partial charge in [-0.3, -0.25) is 9.59 Å². The van der Waals surface area contributed by atoms with Gasteiger partial charge < -0.3 is 14.6 Å². The number of halogens is 1. The summed E-state index contributed by atoms with van der Waals surface area (Å²) in [5, 5.41) is 15.5. The average Bonchev–Trinajstić information content (AvgIpc) is 3.19. The molecule has 30 heavy (non-hydrogen) atoms. The molecule has 0 spiro atoms. The SMILES string of the molecule is COc1cc(OC)cc(C2=NN(C(=O)CCCC(=O)O)[C@@H](c3ccc(Cl)cc3)C2)c1. The zero-order valence-corrected chi connectivity index (χ0v) is 17.6. The van der Waals surface area contributed by atoms with Crippen LogP contribution < -0.4 is 9.47 Å². The Morgan fingerprint density at radius 2 is 1.73 bits per heavy atom. The zero-order valence-electron chi connectivity index (χ0n) is 16.8. The van der Waals surface area contributed by atoms with Crippen LogP contribution in [0.1, 0.15) is 42.9 Å². The lowest BCUT2D eigenvalue weighted by Crippen LogP contribution is -2.27. The number of hydrogen-bond acceptors (Lipinski definition) is 5. The van der Waals surface area contributed by atoms with Crippen LogP contribution in [-0.4, -0.2) is 41.9 Å². The largest absolute Gasteiger partial charge is 0.497 e. The van der Waals surface area contributed by atoms with Gasteiger partial charge >= 0.3 is 5.97 Å². The maximum Gasteiger partial charge on any atom is 0.303 e. The topological polar surface area (TPSA) is 88.4 Å². The van der Waals surface area contributed by atoms with Crippen molar-refractivity contribution < 1.29 is 24.2 Å². The van der Waals surface area contributed by atoms with Crippen molar-refractivity contribution >= 4 is 29.2 Å². The zero-order chi connectivity index (χ0) is 21.7. The van der Waals surface area contributed by atoms with E-state index in [1.54, 1.807) is 32.4 Å². The number of carbonyl (C=O) groups excluding carboxylic acids is 1. The number of hydrogen-bond donors (Lipinski definition) is 1. The van der Waals surface area contributed by atoms with Gasteiger partial charge in [0, 0.05) is 35.9 Å². The molecule has 1 aliphatic rings. The van der Waals surface area contributed by atoms with Gasteiger partial charge in [-0.25, -0.2) is 5.01 Å². The molecule has 1 N–H and O–H groups in total. The Bertz CT molecular complexity index is 936. The number of aliphatic carboxylic acids is 1. The Labute approximate surface area is 179 Å². The fourth-order valence-corrected chi connectivity index (χ4v) is 3.46. The number of hydrazone groups is 1. The lowest BCUT2D eigenvalue weighted by atomic mass is 9.98. The molecule has 0 aromatic heterocycles. The van der Waals surface area contributed by atoms with Gasteiger partial charge in [0.1, 0.15) is 11.5 Å². The van der Waals surface area contributed by atoms with Crippen molar-refractivity contribution in [3.63, 3.8) is 0 Å². The minimum absolute atomic E-state index is 0.0607. The molecule has 2 aromatic rings. The maximum atomic E-state index is 12.9. The smallest absolute Gasteiger partial charge is 0.303 e. The summed E-state index contributed by atoms with van der Waals surface area (Å²) in [7, 11) is 3.15. The van der Waals surface area contributed by atoms with E-state index in [-0.39, 0.29) is 31.2 Å². The Hall–Kier alpha value is -3.06. The second-order valence-electron chi connectivity index (χ2n) is 6.91. The minimum Gasteiger partial charge on any atom is -0.497 e. The summed E-state index contributed by atoms with van der Waals surface area (Å²) in [6, 6.07) is 12.4. The third kappa shape index (κ3) is 5.10. The fourth-order valence-electron chi connectivity index (χ4n) is 3.34. The molecular weight excluding hydrogens is 408 g/mol. The van der Waals surface area contributed by atoms with Crippen molar-refractivity contribution in [3.05, 3.63) is 58.6 Å². The van der Waals surface area contributed by atoms with Crippen LogP contribution in [0.3, 0.4) is 0 Å². The molecular formula is C22H23ClN2O5. The molecule has 0 saturated carbocycles. The molecule has 0 radical (unpaired) electrons. The van der Waals surface area contributed by atoms with Crippen LogP contribution >= 0.6 is 11.6 Å². The van der Waals surface area contributed by atoms with E-state index in [9.17, 15) is 9.59 Å². The number of nitrogens with zero attached hydrogens (tertiary/aromatic N) is 2. The van der Waals surface area contributed by atoms with E-state index in [1.807, 2.05) is 24.3 Å².